The molecule has 0 spiro atoms. The maximum absolute atomic E-state index is 13.7. The molecule has 0 aliphatic carbocycles. The van der Waals surface area contributed by atoms with Crippen LogP contribution in [-0.4, -0.2) is 18.4 Å². The Morgan fingerprint density at radius 3 is 2.69 bits per heavy atom. The lowest BCUT2D eigenvalue weighted by Gasteiger charge is -2.18. The fraction of sp³-hybridized carbons (Fsp3) is 0.263. The second-order valence-electron chi connectivity index (χ2n) is 6.18. The zero-order valence-electron chi connectivity index (χ0n) is 14.1. The highest BCUT2D eigenvalue weighted by molar-refractivity contribution is 6.35. The molecule has 136 valence electrons. The highest BCUT2D eigenvalue weighted by Crippen LogP contribution is 2.29. The van der Waals surface area contributed by atoms with Gasteiger partial charge in [-0.2, -0.15) is 0 Å². The third-order valence-electron chi connectivity index (χ3n) is 4.35. The number of hydrogen-bond donors (Lipinski definition) is 1. The molecule has 26 heavy (non-hydrogen) atoms. The van der Waals surface area contributed by atoms with E-state index in [-0.39, 0.29) is 21.9 Å². The second kappa shape index (κ2) is 7.64. The van der Waals surface area contributed by atoms with Crippen LogP contribution < -0.4 is 10.2 Å². The van der Waals surface area contributed by atoms with Gasteiger partial charge in [0, 0.05) is 29.2 Å². The summed E-state index contributed by atoms with van der Waals surface area (Å²) in [6, 6.07) is 8.89. The maximum atomic E-state index is 13.7. The van der Waals surface area contributed by atoms with Crippen molar-refractivity contribution >= 4 is 40.7 Å². The van der Waals surface area contributed by atoms with Crippen LogP contribution in [0.25, 0.3) is 0 Å². The summed E-state index contributed by atoms with van der Waals surface area (Å²) < 4.78 is 13.7. The summed E-state index contributed by atoms with van der Waals surface area (Å²) in [5, 5.41) is 3.00. The van der Waals surface area contributed by atoms with E-state index in [2.05, 4.69) is 5.32 Å². The van der Waals surface area contributed by atoms with Crippen LogP contribution in [0.4, 0.5) is 10.1 Å². The van der Waals surface area contributed by atoms with Crippen molar-refractivity contribution in [2.45, 2.75) is 25.8 Å². The van der Waals surface area contributed by atoms with E-state index in [1.807, 2.05) is 0 Å². The molecule has 4 nitrogen and oxygen atoms in total. The van der Waals surface area contributed by atoms with Gasteiger partial charge in [-0.1, -0.05) is 29.3 Å². The lowest BCUT2D eigenvalue weighted by atomic mass is 10.1. The Labute approximate surface area is 160 Å². The average Bonchev–Trinajstić information content (AvgIpc) is 3.04. The Morgan fingerprint density at radius 2 is 2.00 bits per heavy atom. The summed E-state index contributed by atoms with van der Waals surface area (Å²) >= 11 is 11.8. The first-order chi connectivity index (χ1) is 12.4. The van der Waals surface area contributed by atoms with Crippen LogP contribution in [0.5, 0.6) is 0 Å². The summed E-state index contributed by atoms with van der Waals surface area (Å²) in [6.45, 7) is 2.36. The lowest BCUT2D eigenvalue weighted by Crippen LogP contribution is -2.28. The topological polar surface area (TPSA) is 49.4 Å². The first-order valence-corrected chi connectivity index (χ1v) is 8.98. The number of anilines is 1. The van der Waals surface area contributed by atoms with E-state index >= 15 is 0 Å². The number of amides is 2. The molecule has 2 amide bonds. The fourth-order valence-corrected chi connectivity index (χ4v) is 3.51. The molecule has 1 heterocycles. The Hall–Kier alpha value is -2.11. The Morgan fingerprint density at radius 1 is 1.23 bits per heavy atom. The number of rotatable bonds is 4. The summed E-state index contributed by atoms with van der Waals surface area (Å²) in [6.07, 6.45) is 1.33. The first-order valence-electron chi connectivity index (χ1n) is 8.22. The number of benzene rings is 2. The van der Waals surface area contributed by atoms with Crippen molar-refractivity contribution in [3.63, 3.8) is 0 Å². The van der Waals surface area contributed by atoms with Crippen LogP contribution >= 0.6 is 23.2 Å². The zero-order valence-corrected chi connectivity index (χ0v) is 15.6. The Kier molecular flexibility index (Phi) is 5.49. The standard InChI is InChI=1S/C19H17Cl2FN2O2/c1-11(14-9-17(22)16(21)10-15(14)20)23-19(26)12-4-2-5-13(8-12)24-7-3-6-18(24)25/h2,4-5,8-11H,3,6-7H2,1H3,(H,23,26)/t11-/m1/s1. The van der Waals surface area contributed by atoms with E-state index in [0.29, 0.717) is 29.8 Å². The third kappa shape index (κ3) is 3.84. The Balaban J connectivity index is 1.78. The van der Waals surface area contributed by atoms with Gasteiger partial charge in [0.1, 0.15) is 5.82 Å². The van der Waals surface area contributed by atoms with Gasteiger partial charge in [0.2, 0.25) is 5.91 Å². The number of hydrogen-bond acceptors (Lipinski definition) is 2. The van der Waals surface area contributed by atoms with Crippen LogP contribution in [0, 0.1) is 5.82 Å². The highest BCUT2D eigenvalue weighted by atomic mass is 35.5. The molecule has 1 N–H and O–H groups in total. The van der Waals surface area contributed by atoms with Gasteiger partial charge in [0.25, 0.3) is 5.91 Å². The molecular weight excluding hydrogens is 378 g/mol. The molecular formula is C19H17Cl2FN2O2. The van der Waals surface area contributed by atoms with Gasteiger partial charge in [0.15, 0.2) is 0 Å². The predicted molar refractivity (Wildman–Crippen MR) is 100 cm³/mol. The summed E-state index contributed by atoms with van der Waals surface area (Å²) in [7, 11) is 0. The normalized spacial score (nSPS) is 15.2. The van der Waals surface area contributed by atoms with Gasteiger partial charge < -0.3 is 10.2 Å². The molecule has 1 aliphatic heterocycles. The molecule has 1 fully saturated rings. The molecule has 0 saturated carbocycles. The van der Waals surface area contributed by atoms with Crippen LogP contribution in [0.3, 0.4) is 0 Å². The highest BCUT2D eigenvalue weighted by Gasteiger charge is 2.23. The molecule has 0 aromatic heterocycles. The van der Waals surface area contributed by atoms with E-state index in [0.717, 1.165) is 6.42 Å². The minimum Gasteiger partial charge on any atom is -0.345 e. The zero-order chi connectivity index (χ0) is 18.8. The molecule has 1 saturated heterocycles. The smallest absolute Gasteiger partial charge is 0.251 e. The quantitative estimate of drug-likeness (QED) is 0.760. The van der Waals surface area contributed by atoms with Crippen LogP contribution in [-0.2, 0) is 4.79 Å². The fourth-order valence-electron chi connectivity index (χ4n) is 2.96. The number of nitrogens with one attached hydrogen (secondary N) is 1. The molecule has 2 aromatic rings. The van der Waals surface area contributed by atoms with Gasteiger partial charge in [0.05, 0.1) is 11.1 Å². The summed E-state index contributed by atoms with van der Waals surface area (Å²) in [5.41, 5.74) is 1.55. The van der Waals surface area contributed by atoms with Crippen molar-refractivity contribution in [1.82, 2.24) is 5.32 Å². The van der Waals surface area contributed by atoms with Crippen molar-refractivity contribution < 1.29 is 14.0 Å². The van der Waals surface area contributed by atoms with Gasteiger partial charge in [-0.05, 0) is 49.2 Å². The van der Waals surface area contributed by atoms with E-state index in [1.54, 1.807) is 36.1 Å². The number of halogens is 3. The second-order valence-corrected chi connectivity index (χ2v) is 7.00. The van der Waals surface area contributed by atoms with Crippen LogP contribution in [0.2, 0.25) is 10.0 Å². The van der Waals surface area contributed by atoms with Crippen molar-refractivity contribution in [1.29, 1.82) is 0 Å². The van der Waals surface area contributed by atoms with Crippen molar-refractivity contribution in [3.05, 3.63) is 63.4 Å². The number of carbonyl (C=O) groups excluding carboxylic acids is 2. The molecule has 0 unspecified atom stereocenters. The SMILES string of the molecule is C[C@@H](NC(=O)c1cccc(N2CCCC2=O)c1)c1cc(F)c(Cl)cc1Cl. The van der Waals surface area contributed by atoms with Crippen LogP contribution in [0.15, 0.2) is 36.4 Å². The minimum atomic E-state index is -0.596. The molecule has 1 atom stereocenters. The number of nitrogens with zero attached hydrogens (tertiary/aromatic N) is 1. The minimum absolute atomic E-state index is 0.0550. The van der Waals surface area contributed by atoms with Crippen molar-refractivity contribution in [3.8, 4) is 0 Å². The first kappa shape index (κ1) is 18.7. The maximum Gasteiger partial charge on any atom is 0.251 e. The third-order valence-corrected chi connectivity index (χ3v) is 4.96. The summed E-state index contributed by atoms with van der Waals surface area (Å²) in [5.74, 6) is -0.876. The molecule has 0 bridgehead atoms. The van der Waals surface area contributed by atoms with Crippen molar-refractivity contribution in [2.75, 3.05) is 11.4 Å². The lowest BCUT2D eigenvalue weighted by molar-refractivity contribution is -0.117. The average molecular weight is 395 g/mol. The van der Waals surface area contributed by atoms with Gasteiger partial charge in [-0.15, -0.1) is 0 Å². The van der Waals surface area contributed by atoms with Crippen LogP contribution in [0.1, 0.15) is 41.7 Å². The molecule has 3 rings (SSSR count). The molecule has 0 radical (unpaired) electrons. The van der Waals surface area contributed by atoms with Gasteiger partial charge in [-0.25, -0.2) is 4.39 Å². The number of carbonyl (C=O) groups is 2. The van der Waals surface area contributed by atoms with Crippen molar-refractivity contribution in [2.24, 2.45) is 0 Å². The molecule has 7 heteroatoms. The van der Waals surface area contributed by atoms with E-state index < -0.39 is 11.9 Å². The Bertz CT molecular complexity index is 873. The van der Waals surface area contributed by atoms with E-state index in [4.69, 9.17) is 23.2 Å². The summed E-state index contributed by atoms with van der Waals surface area (Å²) in [4.78, 5) is 26.1. The predicted octanol–water partition coefficient (Wildman–Crippen LogP) is 4.75. The molecule has 2 aromatic carbocycles. The van der Waals surface area contributed by atoms with E-state index in [9.17, 15) is 14.0 Å². The molecule has 1 aliphatic rings. The van der Waals surface area contributed by atoms with Gasteiger partial charge >= 0.3 is 0 Å². The van der Waals surface area contributed by atoms with Gasteiger partial charge in [-0.3, -0.25) is 9.59 Å². The largest absolute Gasteiger partial charge is 0.345 e. The monoisotopic (exact) mass is 394 g/mol. The van der Waals surface area contributed by atoms with E-state index in [1.165, 1.54) is 12.1 Å².